The lowest BCUT2D eigenvalue weighted by Crippen LogP contribution is -2.46. The highest BCUT2D eigenvalue weighted by molar-refractivity contribution is 6.52. The summed E-state index contributed by atoms with van der Waals surface area (Å²) in [6.07, 6.45) is 3.19. The van der Waals surface area contributed by atoms with Gasteiger partial charge < -0.3 is 34.1 Å². The van der Waals surface area contributed by atoms with Crippen molar-refractivity contribution in [1.82, 2.24) is 9.88 Å². The topological polar surface area (TPSA) is 140 Å². The van der Waals surface area contributed by atoms with E-state index in [1.54, 1.807) is 73.1 Å². The van der Waals surface area contributed by atoms with Crippen molar-refractivity contribution in [2.45, 2.75) is 12.6 Å². The molecule has 0 radical (unpaired) electrons. The maximum absolute atomic E-state index is 14.5. The zero-order chi connectivity index (χ0) is 35.2. The molecule has 6 rings (SSSR count). The minimum Gasteiger partial charge on any atom is -0.493 e. The Labute approximate surface area is 289 Å². The Morgan fingerprint density at radius 2 is 1.62 bits per heavy atom. The number of methoxy groups -OCH3 is 3. The summed E-state index contributed by atoms with van der Waals surface area (Å²) in [4.78, 5) is 63.9. The number of amides is 3. The summed E-state index contributed by atoms with van der Waals surface area (Å²) >= 11 is 0. The summed E-state index contributed by atoms with van der Waals surface area (Å²) in [7, 11) is 4.38. The van der Waals surface area contributed by atoms with Gasteiger partial charge in [0.1, 0.15) is 12.6 Å². The standard InChI is InChI=1S/C37H37N5O8/c1-47-30-19-25(20-31(48-2)35(30)49-3)33(36(45)39-26-10-12-27(13-11-26)40-15-17-50-18-16-40)42(22-24-7-6-14-38-21-24)32(43)23-41-29-9-5-4-8-28(29)34(44)37(41)46/h4-14,19-21,33H,15-18,22-23H2,1-3H3,(H,39,45). The van der Waals surface area contributed by atoms with Crippen LogP contribution in [-0.4, -0.2) is 87.6 Å². The molecule has 3 amide bonds. The molecule has 3 heterocycles. The molecule has 1 N–H and O–H groups in total. The van der Waals surface area contributed by atoms with Crippen LogP contribution in [0.2, 0.25) is 0 Å². The van der Waals surface area contributed by atoms with Gasteiger partial charge in [-0.2, -0.15) is 0 Å². The Balaban J connectivity index is 1.41. The first-order valence-electron chi connectivity index (χ1n) is 16.0. The summed E-state index contributed by atoms with van der Waals surface area (Å²) < 4.78 is 22.2. The Morgan fingerprint density at radius 3 is 2.26 bits per heavy atom. The Kier molecular flexibility index (Phi) is 10.2. The van der Waals surface area contributed by atoms with Crippen LogP contribution in [0.1, 0.15) is 27.5 Å². The Bertz CT molecular complexity index is 1850. The molecule has 4 aromatic rings. The van der Waals surface area contributed by atoms with E-state index in [0.717, 1.165) is 23.7 Å². The first kappa shape index (κ1) is 33.9. The number of rotatable bonds is 12. The van der Waals surface area contributed by atoms with E-state index in [9.17, 15) is 19.2 Å². The highest BCUT2D eigenvalue weighted by Crippen LogP contribution is 2.41. The van der Waals surface area contributed by atoms with Gasteiger partial charge in [0.25, 0.3) is 17.6 Å². The van der Waals surface area contributed by atoms with Crippen molar-refractivity contribution < 1.29 is 38.1 Å². The second-order valence-electron chi connectivity index (χ2n) is 11.6. The number of carbonyl (C=O) groups is 4. The number of Topliss-reactive ketones (excluding diaryl/α,β-unsaturated/α-hetero) is 1. The van der Waals surface area contributed by atoms with Crippen LogP contribution in [0.25, 0.3) is 0 Å². The van der Waals surface area contributed by atoms with Crippen molar-refractivity contribution in [3.63, 3.8) is 0 Å². The molecule has 0 spiro atoms. The zero-order valence-electron chi connectivity index (χ0n) is 28.0. The number of nitrogens with one attached hydrogen (secondary N) is 1. The number of ether oxygens (including phenoxy) is 4. The number of carbonyl (C=O) groups excluding carboxylic acids is 4. The third-order valence-electron chi connectivity index (χ3n) is 8.64. The van der Waals surface area contributed by atoms with Gasteiger partial charge in [-0.15, -0.1) is 0 Å². The Morgan fingerprint density at radius 1 is 0.920 bits per heavy atom. The molecule has 13 nitrogen and oxygen atoms in total. The number of morpholine rings is 1. The van der Waals surface area contributed by atoms with Gasteiger partial charge in [-0.3, -0.25) is 29.1 Å². The second-order valence-corrected chi connectivity index (χ2v) is 11.6. The fraction of sp³-hybridized carbons (Fsp3) is 0.270. The highest BCUT2D eigenvalue weighted by atomic mass is 16.5. The van der Waals surface area contributed by atoms with Gasteiger partial charge in [-0.1, -0.05) is 18.2 Å². The molecule has 1 aromatic heterocycles. The summed E-state index contributed by atoms with van der Waals surface area (Å²) in [5.41, 5.74) is 3.02. The maximum atomic E-state index is 14.5. The van der Waals surface area contributed by atoms with E-state index in [2.05, 4.69) is 15.2 Å². The van der Waals surface area contributed by atoms with E-state index in [0.29, 0.717) is 41.5 Å². The lowest BCUT2D eigenvalue weighted by molar-refractivity contribution is -0.139. The molecule has 1 unspecified atom stereocenters. The molecule has 2 aliphatic heterocycles. The minimum absolute atomic E-state index is 0.0605. The van der Waals surface area contributed by atoms with E-state index in [4.69, 9.17) is 18.9 Å². The lowest BCUT2D eigenvalue weighted by Gasteiger charge is -2.33. The van der Waals surface area contributed by atoms with Crippen LogP contribution < -0.4 is 29.3 Å². The van der Waals surface area contributed by atoms with Crippen LogP contribution in [0.5, 0.6) is 17.2 Å². The quantitative estimate of drug-likeness (QED) is 0.220. The zero-order valence-corrected chi connectivity index (χ0v) is 28.0. The molecule has 0 saturated carbocycles. The van der Waals surface area contributed by atoms with Crippen molar-refractivity contribution in [2.75, 3.05) is 69.3 Å². The second kappa shape index (κ2) is 15.1. The number of aromatic nitrogens is 1. The lowest BCUT2D eigenvalue weighted by atomic mass is 10.0. The molecule has 1 fully saturated rings. The largest absolute Gasteiger partial charge is 0.493 e. The molecular formula is C37H37N5O8. The van der Waals surface area contributed by atoms with Crippen molar-refractivity contribution in [3.05, 3.63) is 102 Å². The van der Waals surface area contributed by atoms with Gasteiger partial charge in [-0.25, -0.2) is 0 Å². The van der Waals surface area contributed by atoms with Crippen molar-refractivity contribution >= 4 is 40.6 Å². The van der Waals surface area contributed by atoms with E-state index < -0.39 is 36.1 Å². The fourth-order valence-electron chi connectivity index (χ4n) is 6.16. The SMILES string of the molecule is COc1cc(C(C(=O)Nc2ccc(N3CCOCC3)cc2)N(Cc2cccnc2)C(=O)CN2C(=O)C(=O)c3ccccc32)cc(OC)c1OC. The van der Waals surface area contributed by atoms with E-state index in [1.807, 2.05) is 12.1 Å². The molecule has 1 saturated heterocycles. The molecule has 50 heavy (non-hydrogen) atoms. The van der Waals surface area contributed by atoms with Crippen LogP contribution >= 0.6 is 0 Å². The van der Waals surface area contributed by atoms with Crippen molar-refractivity contribution in [3.8, 4) is 17.2 Å². The van der Waals surface area contributed by atoms with Gasteiger partial charge in [0.05, 0.1) is 45.8 Å². The van der Waals surface area contributed by atoms with Gasteiger partial charge in [0.15, 0.2) is 11.5 Å². The Hall–Kier alpha value is -5.95. The number of nitrogens with zero attached hydrogens (tertiary/aromatic N) is 4. The van der Waals surface area contributed by atoms with Crippen LogP contribution in [0.15, 0.2) is 85.2 Å². The van der Waals surface area contributed by atoms with Crippen LogP contribution in [0.3, 0.4) is 0 Å². The predicted molar refractivity (Wildman–Crippen MR) is 185 cm³/mol. The fourth-order valence-corrected chi connectivity index (χ4v) is 6.16. The minimum atomic E-state index is -1.28. The molecule has 3 aromatic carbocycles. The molecule has 13 heteroatoms. The van der Waals surface area contributed by atoms with Gasteiger partial charge in [0.2, 0.25) is 11.7 Å². The van der Waals surface area contributed by atoms with Crippen molar-refractivity contribution in [1.29, 1.82) is 0 Å². The number of hydrogen-bond acceptors (Lipinski definition) is 10. The summed E-state index contributed by atoms with van der Waals surface area (Å²) in [5, 5.41) is 2.98. The smallest absolute Gasteiger partial charge is 0.299 e. The first-order chi connectivity index (χ1) is 24.3. The maximum Gasteiger partial charge on any atom is 0.299 e. The van der Waals surface area contributed by atoms with Crippen molar-refractivity contribution in [2.24, 2.45) is 0 Å². The van der Waals surface area contributed by atoms with Crippen LogP contribution in [0, 0.1) is 0 Å². The molecule has 0 aliphatic carbocycles. The highest BCUT2D eigenvalue weighted by Gasteiger charge is 2.40. The van der Waals surface area contributed by atoms with E-state index in [1.165, 1.54) is 26.2 Å². The molecule has 0 bridgehead atoms. The van der Waals surface area contributed by atoms with Gasteiger partial charge in [-0.05, 0) is 65.7 Å². The summed E-state index contributed by atoms with van der Waals surface area (Å²) in [6, 6.07) is 19.4. The van der Waals surface area contributed by atoms with Crippen LogP contribution in [-0.2, 0) is 25.7 Å². The summed E-state index contributed by atoms with van der Waals surface area (Å²) in [6.45, 7) is 2.24. The molecule has 1 atom stereocenters. The normalized spacial score (nSPS) is 14.5. The van der Waals surface area contributed by atoms with Gasteiger partial charge in [0, 0.05) is 43.4 Å². The number of pyridine rings is 1. The first-order valence-corrected chi connectivity index (χ1v) is 16.0. The number of para-hydroxylation sites is 1. The molecule has 258 valence electrons. The molecule has 2 aliphatic rings. The number of fused-ring (bicyclic) bond motifs is 1. The number of benzene rings is 3. The number of ketones is 1. The van der Waals surface area contributed by atoms with Gasteiger partial charge >= 0.3 is 0 Å². The number of anilines is 3. The third kappa shape index (κ3) is 6.94. The average Bonchev–Trinajstić information content (AvgIpc) is 3.39. The summed E-state index contributed by atoms with van der Waals surface area (Å²) in [5.74, 6) is -1.81. The molecular weight excluding hydrogens is 642 g/mol. The van der Waals surface area contributed by atoms with E-state index in [-0.39, 0.29) is 23.6 Å². The monoisotopic (exact) mass is 679 g/mol. The van der Waals surface area contributed by atoms with Crippen LogP contribution in [0.4, 0.5) is 17.1 Å². The predicted octanol–water partition coefficient (Wildman–Crippen LogP) is 3.88. The number of hydrogen-bond donors (Lipinski definition) is 1. The average molecular weight is 680 g/mol. The third-order valence-corrected chi connectivity index (χ3v) is 8.64. The van der Waals surface area contributed by atoms with E-state index >= 15 is 0 Å².